The van der Waals surface area contributed by atoms with Crippen molar-refractivity contribution in [1.82, 2.24) is 9.13 Å². The molecule has 0 radical (unpaired) electrons. The van der Waals surface area contributed by atoms with Crippen LogP contribution in [-0.2, 0) is 0 Å². The van der Waals surface area contributed by atoms with Gasteiger partial charge in [0, 0.05) is 60.6 Å². The highest BCUT2D eigenvalue weighted by atomic mass is 15.2. The Balaban J connectivity index is 0.964. The predicted molar refractivity (Wildman–Crippen MR) is 350 cm³/mol. The van der Waals surface area contributed by atoms with Crippen molar-refractivity contribution < 1.29 is 0 Å². The zero-order valence-corrected chi connectivity index (χ0v) is 45.4. The van der Waals surface area contributed by atoms with Crippen molar-refractivity contribution in [2.45, 2.75) is 0 Å². The van der Waals surface area contributed by atoms with Gasteiger partial charge >= 0.3 is 0 Å². The lowest BCUT2D eigenvalue weighted by Crippen LogP contribution is -2.13. The number of aromatic nitrogens is 2. The first-order valence-electron chi connectivity index (χ1n) is 28.2. The Bertz CT molecular complexity index is 5000. The monoisotopic (exact) mass is 1070 g/mol. The van der Waals surface area contributed by atoms with Crippen LogP contribution in [0.3, 0.4) is 0 Å². The summed E-state index contributed by atoms with van der Waals surface area (Å²) in [5, 5.41) is 21.8. The normalized spacial score (nSPS) is 11.5. The second kappa shape index (κ2) is 19.5. The molecule has 84 heavy (non-hydrogen) atoms. The number of hydrogen-bond acceptors (Lipinski definition) is 3. The number of rotatable bonds is 10. The lowest BCUT2D eigenvalue weighted by Gasteiger charge is -2.31. The van der Waals surface area contributed by atoms with Crippen LogP contribution in [0.4, 0.5) is 39.8 Å². The maximum absolute atomic E-state index is 10.4. The summed E-state index contributed by atoms with van der Waals surface area (Å²) in [6, 6.07) is 106. The minimum absolute atomic E-state index is 0.574. The van der Waals surface area contributed by atoms with E-state index in [1.54, 1.807) is 0 Å². The SMILES string of the molecule is [C-]#[N+]c1ccc(N(c2ccc3c(c2)c2ccccc2n3-c2ccccc2)c2ccc3ccc4c(N(c5ccc6c(c5)c5ccccc5n6-c5ccccc5)c5ccc(C#N)cc5-c5ccccc5)ccc5ccc2c3c54)c(-c2ccccc2)c1. The first-order valence-corrected chi connectivity index (χ1v) is 28.2. The fraction of sp³-hybridized carbons (Fsp3) is 0. The Labute approximate surface area is 485 Å². The van der Waals surface area contributed by atoms with Gasteiger partial charge in [0.05, 0.1) is 63.0 Å². The van der Waals surface area contributed by atoms with Gasteiger partial charge in [0.2, 0.25) is 0 Å². The highest BCUT2D eigenvalue weighted by Gasteiger charge is 2.27. The van der Waals surface area contributed by atoms with Gasteiger partial charge in [-0.05, 0) is 153 Å². The van der Waals surface area contributed by atoms with Gasteiger partial charge in [-0.2, -0.15) is 5.26 Å². The van der Waals surface area contributed by atoms with E-state index in [1.807, 2.05) is 36.4 Å². The van der Waals surface area contributed by atoms with Gasteiger partial charge in [-0.3, -0.25) is 0 Å². The Morgan fingerprint density at radius 3 is 1.21 bits per heavy atom. The van der Waals surface area contributed by atoms with E-state index in [1.165, 1.54) is 0 Å². The summed E-state index contributed by atoms with van der Waals surface area (Å²) in [7, 11) is 0. The highest BCUT2D eigenvalue weighted by molar-refractivity contribution is 6.28. The fourth-order valence-electron chi connectivity index (χ4n) is 13.2. The van der Waals surface area contributed by atoms with Crippen molar-refractivity contribution in [1.29, 1.82) is 5.26 Å². The maximum atomic E-state index is 10.4. The van der Waals surface area contributed by atoms with E-state index in [0.29, 0.717) is 11.3 Å². The summed E-state index contributed by atoms with van der Waals surface area (Å²) in [5.41, 5.74) is 17.7. The number of fused-ring (bicyclic) bond motifs is 6. The molecular formula is C78H48N6. The molecule has 14 aromatic carbocycles. The molecule has 0 aliphatic heterocycles. The van der Waals surface area contributed by atoms with E-state index in [4.69, 9.17) is 6.57 Å². The van der Waals surface area contributed by atoms with Crippen molar-refractivity contribution in [2.24, 2.45) is 0 Å². The molecule has 2 aromatic heterocycles. The summed E-state index contributed by atoms with van der Waals surface area (Å²) in [4.78, 5) is 8.78. The molecule has 0 fully saturated rings. The predicted octanol–water partition coefficient (Wildman–Crippen LogP) is 21.5. The minimum atomic E-state index is 0.574. The van der Waals surface area contributed by atoms with Crippen LogP contribution in [0.25, 0.3) is 114 Å². The van der Waals surface area contributed by atoms with Crippen LogP contribution < -0.4 is 9.80 Å². The second-order valence-electron chi connectivity index (χ2n) is 21.4. The maximum Gasteiger partial charge on any atom is 0.188 e. The van der Waals surface area contributed by atoms with Gasteiger partial charge in [-0.25, -0.2) is 4.85 Å². The van der Waals surface area contributed by atoms with Gasteiger partial charge in [-0.1, -0.05) is 176 Å². The molecule has 390 valence electrons. The third-order valence-electron chi connectivity index (χ3n) is 16.8. The summed E-state index contributed by atoms with van der Waals surface area (Å²) in [5.74, 6) is 0. The second-order valence-corrected chi connectivity index (χ2v) is 21.4. The van der Waals surface area contributed by atoms with Crippen molar-refractivity contribution in [3.63, 3.8) is 0 Å². The minimum Gasteiger partial charge on any atom is -0.309 e. The standard InChI is InChI=1S/C78H48N6/c1-80-56-35-43-74(66(47-56)53-20-8-3-9-21-53)84(60-37-45-76-68(49-60)62-27-15-17-29-70(62)82(76)58-24-12-5-13-25-58)72-42-34-55-31-38-63-71(41-33-54-32-39-64(72)78(55)77(54)63)83(73-40-30-51(50-79)46-65(73)52-18-6-2-7-19-52)59-36-44-75-67(48-59)61-26-14-16-28-69(61)81(75)57-22-10-4-11-23-57/h2-49H. The summed E-state index contributed by atoms with van der Waals surface area (Å²) < 4.78 is 4.72. The third kappa shape index (κ3) is 7.63. The van der Waals surface area contributed by atoms with Gasteiger partial charge in [-0.15, -0.1) is 0 Å². The summed E-state index contributed by atoms with van der Waals surface area (Å²) in [6.07, 6.45) is 0. The topological polar surface area (TPSA) is 44.5 Å². The Hall–Kier alpha value is -11.7. The largest absolute Gasteiger partial charge is 0.309 e. The summed E-state index contributed by atoms with van der Waals surface area (Å²) >= 11 is 0. The molecule has 0 spiro atoms. The lowest BCUT2D eigenvalue weighted by atomic mass is 9.91. The van der Waals surface area contributed by atoms with Gasteiger partial charge in [0.25, 0.3) is 0 Å². The Morgan fingerprint density at radius 1 is 0.333 bits per heavy atom. The molecule has 0 saturated carbocycles. The first-order chi connectivity index (χ1) is 41.6. The highest BCUT2D eigenvalue weighted by Crippen LogP contribution is 2.52. The average molecular weight is 1070 g/mol. The molecule has 16 rings (SSSR count). The zero-order chi connectivity index (χ0) is 55.8. The molecule has 16 aromatic rings. The van der Waals surface area contributed by atoms with Crippen LogP contribution in [-0.4, -0.2) is 9.13 Å². The Morgan fingerprint density at radius 2 is 0.738 bits per heavy atom. The first kappa shape index (κ1) is 48.2. The van der Waals surface area contributed by atoms with Crippen LogP contribution in [0.5, 0.6) is 0 Å². The van der Waals surface area contributed by atoms with Crippen LogP contribution in [0.15, 0.2) is 291 Å². The molecule has 6 nitrogen and oxygen atoms in total. The van der Waals surface area contributed by atoms with E-state index in [9.17, 15) is 5.26 Å². The molecule has 0 unspecified atom stereocenters. The molecule has 0 saturated heterocycles. The number of benzene rings is 14. The zero-order valence-electron chi connectivity index (χ0n) is 45.4. The molecule has 0 atom stereocenters. The molecule has 6 heteroatoms. The van der Waals surface area contributed by atoms with E-state index in [2.05, 4.69) is 285 Å². The van der Waals surface area contributed by atoms with Crippen LogP contribution in [0.1, 0.15) is 5.56 Å². The van der Waals surface area contributed by atoms with E-state index < -0.39 is 0 Å². The third-order valence-corrected chi connectivity index (χ3v) is 16.8. The van der Waals surface area contributed by atoms with E-state index in [0.717, 1.165) is 144 Å². The molecule has 0 aliphatic carbocycles. The molecule has 0 aliphatic rings. The van der Waals surface area contributed by atoms with Gasteiger partial charge in [0.15, 0.2) is 5.69 Å². The Kier molecular flexibility index (Phi) is 11.2. The van der Waals surface area contributed by atoms with E-state index >= 15 is 0 Å². The smallest absolute Gasteiger partial charge is 0.188 e. The number of nitrogens with zero attached hydrogens (tertiary/aromatic N) is 6. The van der Waals surface area contributed by atoms with E-state index in [-0.39, 0.29) is 0 Å². The number of nitriles is 1. The van der Waals surface area contributed by atoms with Crippen LogP contribution in [0.2, 0.25) is 0 Å². The van der Waals surface area contributed by atoms with Crippen LogP contribution in [0, 0.1) is 17.9 Å². The molecule has 0 N–H and O–H groups in total. The van der Waals surface area contributed by atoms with Gasteiger partial charge < -0.3 is 18.9 Å². The molecule has 0 bridgehead atoms. The lowest BCUT2D eigenvalue weighted by molar-refractivity contribution is 1.18. The quantitative estimate of drug-likeness (QED) is 0.101. The van der Waals surface area contributed by atoms with Crippen molar-refractivity contribution in [2.75, 3.05) is 9.80 Å². The fourth-order valence-corrected chi connectivity index (χ4v) is 13.2. The average Bonchev–Trinajstić information content (AvgIpc) is 1.65. The number of anilines is 6. The van der Waals surface area contributed by atoms with Crippen molar-refractivity contribution in [3.05, 3.63) is 308 Å². The molecule has 0 amide bonds. The van der Waals surface area contributed by atoms with Crippen molar-refractivity contribution in [3.8, 4) is 39.7 Å². The van der Waals surface area contributed by atoms with Crippen molar-refractivity contribution >= 4 is 116 Å². The number of para-hydroxylation sites is 4. The molecule has 2 heterocycles. The number of hydrogen-bond donors (Lipinski definition) is 0. The summed E-state index contributed by atoms with van der Waals surface area (Å²) in [6.45, 7) is 8.20. The van der Waals surface area contributed by atoms with Crippen LogP contribution >= 0.6 is 0 Å². The van der Waals surface area contributed by atoms with Gasteiger partial charge in [0.1, 0.15) is 0 Å². The molecular weight excluding hydrogens is 1020 g/mol.